The lowest BCUT2D eigenvalue weighted by Gasteiger charge is -2.26. The molecule has 0 bridgehead atoms. The molecule has 2 rings (SSSR count). The van der Waals surface area contributed by atoms with Crippen LogP contribution in [0.2, 0.25) is 0 Å². The Morgan fingerprint density at radius 3 is 2.63 bits per heavy atom. The Morgan fingerprint density at radius 1 is 1.42 bits per heavy atom. The van der Waals surface area contributed by atoms with E-state index in [4.69, 9.17) is 5.11 Å². The first kappa shape index (κ1) is 14.4. The van der Waals surface area contributed by atoms with Gasteiger partial charge in [-0.25, -0.2) is 22.9 Å². The Kier molecular flexibility index (Phi) is 4.22. The molecule has 0 spiro atoms. The Morgan fingerprint density at radius 2 is 2.05 bits per heavy atom. The highest BCUT2D eigenvalue weighted by molar-refractivity contribution is 7.91. The van der Waals surface area contributed by atoms with Crippen LogP contribution in [0.3, 0.4) is 0 Å². The molecule has 0 unspecified atom stereocenters. The van der Waals surface area contributed by atoms with Gasteiger partial charge in [0.1, 0.15) is 0 Å². The molecule has 106 valence electrons. The number of aromatic nitrogens is 1. The molecule has 1 fully saturated rings. The number of thiazole rings is 1. The molecule has 19 heavy (non-hydrogen) atoms. The summed E-state index contributed by atoms with van der Waals surface area (Å²) in [5.41, 5.74) is 0.836. The third-order valence-electron chi connectivity index (χ3n) is 3.32. The fourth-order valence-corrected chi connectivity index (χ4v) is 4.68. The summed E-state index contributed by atoms with van der Waals surface area (Å²) < 4.78 is 26.7. The van der Waals surface area contributed by atoms with Crippen molar-refractivity contribution in [3.63, 3.8) is 0 Å². The average molecular weight is 304 g/mol. The molecule has 2 N–H and O–H groups in total. The molecule has 1 aliphatic carbocycles. The first-order chi connectivity index (χ1) is 8.90. The minimum absolute atomic E-state index is 0.107. The van der Waals surface area contributed by atoms with Crippen molar-refractivity contribution in [2.75, 3.05) is 0 Å². The van der Waals surface area contributed by atoms with Gasteiger partial charge in [-0.05, 0) is 31.6 Å². The third kappa shape index (κ3) is 3.31. The van der Waals surface area contributed by atoms with E-state index in [9.17, 15) is 13.2 Å². The van der Waals surface area contributed by atoms with Crippen molar-refractivity contribution >= 4 is 27.3 Å². The molecule has 0 amide bonds. The van der Waals surface area contributed by atoms with Crippen LogP contribution >= 0.6 is 11.3 Å². The molecule has 1 aromatic rings. The van der Waals surface area contributed by atoms with Crippen LogP contribution in [0.1, 0.15) is 43.1 Å². The highest BCUT2D eigenvalue weighted by Gasteiger charge is 2.29. The largest absolute Gasteiger partial charge is 0.476 e. The number of rotatable bonds is 4. The van der Waals surface area contributed by atoms with Gasteiger partial charge in [0.2, 0.25) is 0 Å². The van der Waals surface area contributed by atoms with Crippen LogP contribution < -0.4 is 4.72 Å². The van der Waals surface area contributed by atoms with E-state index in [0.29, 0.717) is 5.92 Å². The zero-order chi connectivity index (χ0) is 14.0. The first-order valence-electron chi connectivity index (χ1n) is 6.09. The van der Waals surface area contributed by atoms with Gasteiger partial charge in [0.15, 0.2) is 9.90 Å². The maximum atomic E-state index is 12.2. The maximum absolute atomic E-state index is 12.2. The molecule has 0 saturated heterocycles. The molecule has 1 heterocycles. The fourth-order valence-electron chi connectivity index (χ4n) is 2.22. The van der Waals surface area contributed by atoms with Crippen molar-refractivity contribution < 1.29 is 18.3 Å². The normalized spacial score (nSPS) is 24.3. The van der Waals surface area contributed by atoms with E-state index in [-0.39, 0.29) is 10.3 Å². The molecule has 0 aromatic carbocycles. The van der Waals surface area contributed by atoms with Gasteiger partial charge < -0.3 is 5.11 Å². The minimum atomic E-state index is -3.78. The Balaban J connectivity index is 2.14. The predicted molar refractivity (Wildman–Crippen MR) is 70.8 cm³/mol. The summed E-state index contributed by atoms with van der Waals surface area (Å²) in [7, 11) is -3.78. The van der Waals surface area contributed by atoms with Gasteiger partial charge in [-0.15, -0.1) is 11.3 Å². The number of hydrogen-bond acceptors (Lipinski definition) is 5. The lowest BCUT2D eigenvalue weighted by molar-refractivity contribution is 0.0687. The molecule has 1 saturated carbocycles. The Labute approximate surface area is 115 Å². The van der Waals surface area contributed by atoms with Gasteiger partial charge in [0.25, 0.3) is 10.0 Å². The standard InChI is InChI=1S/C11H16N2O4S2/c1-7-2-4-8(5-3-7)13-19(16,17)11-9(10(14)15)12-6-18-11/h6-8,13H,2-5H2,1H3,(H,14,15). The van der Waals surface area contributed by atoms with Crippen LogP contribution in [0, 0.1) is 5.92 Å². The van der Waals surface area contributed by atoms with Crippen LogP contribution in [-0.2, 0) is 10.0 Å². The van der Waals surface area contributed by atoms with Crippen LogP contribution in [0.4, 0.5) is 0 Å². The fraction of sp³-hybridized carbons (Fsp3) is 0.636. The number of sulfonamides is 1. The molecule has 1 aromatic heterocycles. The van der Waals surface area contributed by atoms with Crippen LogP contribution in [0.5, 0.6) is 0 Å². The average Bonchev–Trinajstić information content (AvgIpc) is 2.82. The zero-order valence-corrected chi connectivity index (χ0v) is 12.1. The van der Waals surface area contributed by atoms with E-state index in [1.54, 1.807) is 0 Å². The third-order valence-corrected chi connectivity index (χ3v) is 6.21. The minimum Gasteiger partial charge on any atom is -0.476 e. The van der Waals surface area contributed by atoms with Gasteiger partial charge in [-0.3, -0.25) is 0 Å². The van der Waals surface area contributed by atoms with Crippen molar-refractivity contribution in [2.24, 2.45) is 5.92 Å². The quantitative estimate of drug-likeness (QED) is 0.882. The van der Waals surface area contributed by atoms with Gasteiger partial charge in [0.05, 0.1) is 5.51 Å². The molecule has 0 radical (unpaired) electrons. The molecule has 0 aliphatic heterocycles. The molecule has 1 aliphatic rings. The summed E-state index contributed by atoms with van der Waals surface area (Å²) in [6.07, 6.45) is 3.56. The van der Waals surface area contributed by atoms with Gasteiger partial charge >= 0.3 is 5.97 Å². The number of carbonyl (C=O) groups is 1. The predicted octanol–water partition coefficient (Wildman–Crippen LogP) is 1.70. The molecule has 6 nitrogen and oxygen atoms in total. The molecule has 0 atom stereocenters. The second-order valence-electron chi connectivity index (χ2n) is 4.87. The van der Waals surface area contributed by atoms with E-state index in [1.165, 1.54) is 5.51 Å². The first-order valence-corrected chi connectivity index (χ1v) is 8.45. The highest BCUT2D eigenvalue weighted by Crippen LogP contribution is 2.26. The summed E-state index contributed by atoms with van der Waals surface area (Å²) in [5.74, 6) is -0.697. The lowest BCUT2D eigenvalue weighted by Crippen LogP contribution is -2.37. The van der Waals surface area contributed by atoms with Crippen molar-refractivity contribution in [2.45, 2.75) is 42.9 Å². The van der Waals surface area contributed by atoms with E-state index in [2.05, 4.69) is 16.6 Å². The number of nitrogens with one attached hydrogen (secondary N) is 1. The summed E-state index contributed by atoms with van der Waals surface area (Å²) in [6.45, 7) is 2.15. The number of carboxylic acid groups (broad SMARTS) is 1. The van der Waals surface area contributed by atoms with Crippen molar-refractivity contribution in [3.8, 4) is 0 Å². The monoisotopic (exact) mass is 304 g/mol. The maximum Gasteiger partial charge on any atom is 0.356 e. The van der Waals surface area contributed by atoms with E-state index in [0.717, 1.165) is 37.0 Å². The second kappa shape index (κ2) is 5.56. The summed E-state index contributed by atoms with van der Waals surface area (Å²) in [5, 5.41) is 8.91. The van der Waals surface area contributed by atoms with Crippen molar-refractivity contribution in [1.29, 1.82) is 0 Å². The second-order valence-corrected chi connectivity index (χ2v) is 7.64. The Bertz CT molecular complexity index is 559. The summed E-state index contributed by atoms with van der Waals surface area (Å²) >= 11 is 0.832. The Hall–Kier alpha value is -0.990. The highest BCUT2D eigenvalue weighted by atomic mass is 32.2. The van der Waals surface area contributed by atoms with Gasteiger partial charge in [-0.2, -0.15) is 0 Å². The van der Waals surface area contributed by atoms with Gasteiger partial charge in [0, 0.05) is 6.04 Å². The van der Waals surface area contributed by atoms with Crippen LogP contribution in [0.25, 0.3) is 0 Å². The van der Waals surface area contributed by atoms with Crippen LogP contribution in [0.15, 0.2) is 9.72 Å². The number of carboxylic acids is 1. The smallest absolute Gasteiger partial charge is 0.356 e. The van der Waals surface area contributed by atoms with E-state index >= 15 is 0 Å². The summed E-state index contributed by atoms with van der Waals surface area (Å²) in [6, 6.07) is -0.107. The summed E-state index contributed by atoms with van der Waals surface area (Å²) in [4.78, 5) is 14.5. The molecular weight excluding hydrogens is 288 g/mol. The molecular formula is C11H16N2O4S2. The number of aromatic carboxylic acids is 1. The lowest BCUT2D eigenvalue weighted by atomic mass is 9.88. The van der Waals surface area contributed by atoms with Gasteiger partial charge in [-0.1, -0.05) is 6.92 Å². The zero-order valence-electron chi connectivity index (χ0n) is 10.5. The number of hydrogen-bond donors (Lipinski definition) is 2. The number of nitrogens with zero attached hydrogens (tertiary/aromatic N) is 1. The van der Waals surface area contributed by atoms with E-state index < -0.39 is 21.7 Å². The van der Waals surface area contributed by atoms with Crippen molar-refractivity contribution in [1.82, 2.24) is 9.71 Å². The SMILES string of the molecule is CC1CCC(NS(=O)(=O)c2scnc2C(=O)O)CC1. The van der Waals surface area contributed by atoms with E-state index in [1.807, 2.05) is 0 Å². The van der Waals surface area contributed by atoms with Crippen molar-refractivity contribution in [3.05, 3.63) is 11.2 Å². The topological polar surface area (TPSA) is 96.4 Å². The molecule has 8 heteroatoms. The van der Waals surface area contributed by atoms with Crippen LogP contribution in [-0.4, -0.2) is 30.5 Å².